The summed E-state index contributed by atoms with van der Waals surface area (Å²) in [4.78, 5) is 11.8. The van der Waals surface area contributed by atoms with Gasteiger partial charge in [0, 0.05) is 13.0 Å². The van der Waals surface area contributed by atoms with Crippen LogP contribution in [-0.4, -0.2) is 19.2 Å². The van der Waals surface area contributed by atoms with Gasteiger partial charge in [-0.15, -0.1) is 0 Å². The number of ketones is 1. The Balaban J connectivity index is 2.22. The van der Waals surface area contributed by atoms with Crippen molar-refractivity contribution in [1.29, 1.82) is 0 Å². The van der Waals surface area contributed by atoms with E-state index in [4.69, 9.17) is 9.47 Å². The van der Waals surface area contributed by atoms with E-state index in [9.17, 15) is 4.79 Å². The zero-order valence-corrected chi connectivity index (χ0v) is 9.55. The smallest absolute Gasteiger partial charge is 0.164 e. The largest absolute Gasteiger partial charge is 0.355 e. The topological polar surface area (TPSA) is 35.5 Å². The third-order valence-corrected chi connectivity index (χ3v) is 3.02. The number of carbonyl (C=O) groups excluding carboxylic acids is 1. The van der Waals surface area contributed by atoms with Crippen LogP contribution in [0.25, 0.3) is 0 Å². The first-order valence-electron chi connectivity index (χ1n) is 5.48. The minimum atomic E-state index is -0.408. The molecule has 0 saturated carbocycles. The van der Waals surface area contributed by atoms with E-state index in [0.29, 0.717) is 6.42 Å². The lowest BCUT2D eigenvalue weighted by Gasteiger charge is -2.33. The fourth-order valence-electron chi connectivity index (χ4n) is 2.00. The minimum Gasteiger partial charge on any atom is -0.355 e. The lowest BCUT2D eigenvalue weighted by Crippen LogP contribution is -2.36. The number of ether oxygens (including phenoxy) is 2. The van der Waals surface area contributed by atoms with Gasteiger partial charge in [-0.2, -0.15) is 0 Å². The zero-order chi connectivity index (χ0) is 11.5. The Morgan fingerprint density at radius 3 is 2.62 bits per heavy atom. The minimum absolute atomic E-state index is 0.103. The van der Waals surface area contributed by atoms with Gasteiger partial charge in [-0.3, -0.25) is 4.79 Å². The van der Waals surface area contributed by atoms with E-state index in [0.717, 1.165) is 5.56 Å². The maximum absolute atomic E-state index is 11.8. The van der Waals surface area contributed by atoms with Crippen LogP contribution in [0.3, 0.4) is 0 Å². The van der Waals surface area contributed by atoms with E-state index in [1.54, 1.807) is 7.11 Å². The number of rotatable bonds is 2. The summed E-state index contributed by atoms with van der Waals surface area (Å²) in [6.07, 6.45) is -0.248. The number of Topliss-reactive ketones (excluding diaryl/α,β-unsaturated/α-hetero) is 1. The normalized spacial score (nSPS) is 30.4. The van der Waals surface area contributed by atoms with Crippen LogP contribution in [0, 0.1) is 5.92 Å². The van der Waals surface area contributed by atoms with Gasteiger partial charge in [-0.25, -0.2) is 0 Å². The number of benzene rings is 1. The molecule has 0 bridgehead atoms. The van der Waals surface area contributed by atoms with Gasteiger partial charge in [0.1, 0.15) is 5.78 Å². The quantitative estimate of drug-likeness (QED) is 0.767. The predicted molar refractivity (Wildman–Crippen MR) is 59.9 cm³/mol. The number of methoxy groups -OCH3 is 1. The van der Waals surface area contributed by atoms with Crippen LogP contribution >= 0.6 is 0 Å². The molecule has 1 saturated heterocycles. The number of carbonyl (C=O) groups is 1. The van der Waals surface area contributed by atoms with Gasteiger partial charge in [-0.05, 0) is 5.56 Å². The van der Waals surface area contributed by atoms with Crippen molar-refractivity contribution in [3.05, 3.63) is 35.9 Å². The Hall–Kier alpha value is -1.19. The molecule has 0 spiro atoms. The highest BCUT2D eigenvalue weighted by atomic mass is 16.7. The predicted octanol–water partition coefficient (Wildman–Crippen LogP) is 2.33. The van der Waals surface area contributed by atoms with Crippen molar-refractivity contribution < 1.29 is 14.3 Å². The van der Waals surface area contributed by atoms with E-state index in [1.165, 1.54) is 0 Å². The van der Waals surface area contributed by atoms with Gasteiger partial charge < -0.3 is 9.47 Å². The lowest BCUT2D eigenvalue weighted by atomic mass is 9.89. The van der Waals surface area contributed by atoms with Crippen molar-refractivity contribution in [3.63, 3.8) is 0 Å². The second-order valence-electron chi connectivity index (χ2n) is 4.09. The van der Waals surface area contributed by atoms with Crippen molar-refractivity contribution in [2.24, 2.45) is 5.92 Å². The summed E-state index contributed by atoms with van der Waals surface area (Å²) in [6.45, 7) is 1.91. The molecule has 2 rings (SSSR count). The highest BCUT2D eigenvalue weighted by molar-refractivity contribution is 5.82. The van der Waals surface area contributed by atoms with Gasteiger partial charge in [0.25, 0.3) is 0 Å². The van der Waals surface area contributed by atoms with Crippen LogP contribution in [0.15, 0.2) is 30.3 Å². The van der Waals surface area contributed by atoms with E-state index in [1.807, 2.05) is 37.3 Å². The fraction of sp³-hybridized carbons (Fsp3) is 0.462. The summed E-state index contributed by atoms with van der Waals surface area (Å²) >= 11 is 0. The van der Waals surface area contributed by atoms with Crippen LogP contribution in [0.2, 0.25) is 0 Å². The number of hydrogen-bond acceptors (Lipinski definition) is 3. The van der Waals surface area contributed by atoms with Crippen molar-refractivity contribution in [2.75, 3.05) is 7.11 Å². The van der Waals surface area contributed by atoms with Crippen LogP contribution in [-0.2, 0) is 14.3 Å². The molecule has 1 aromatic rings. The van der Waals surface area contributed by atoms with Crippen LogP contribution in [0.4, 0.5) is 0 Å². The highest BCUT2D eigenvalue weighted by Gasteiger charge is 2.35. The maximum Gasteiger partial charge on any atom is 0.164 e. The van der Waals surface area contributed by atoms with Crippen molar-refractivity contribution in [1.82, 2.24) is 0 Å². The molecule has 1 heterocycles. The molecule has 0 radical (unpaired) electrons. The molecule has 3 atom stereocenters. The lowest BCUT2D eigenvalue weighted by molar-refractivity contribution is -0.198. The van der Waals surface area contributed by atoms with E-state index < -0.39 is 6.29 Å². The molecule has 0 N–H and O–H groups in total. The molecule has 0 unspecified atom stereocenters. The molecular weight excluding hydrogens is 204 g/mol. The molecule has 0 aliphatic carbocycles. The SMILES string of the molecule is CO[C@H]1CC(=O)[C@@H](C)[C@@H](c2ccccc2)O1. The summed E-state index contributed by atoms with van der Waals surface area (Å²) in [5.41, 5.74) is 1.03. The van der Waals surface area contributed by atoms with E-state index in [2.05, 4.69) is 0 Å². The first-order chi connectivity index (χ1) is 7.72. The van der Waals surface area contributed by atoms with Crippen molar-refractivity contribution in [3.8, 4) is 0 Å². The third kappa shape index (κ3) is 2.15. The molecule has 0 amide bonds. The summed E-state index contributed by atoms with van der Waals surface area (Å²) < 4.78 is 10.9. The number of hydrogen-bond donors (Lipinski definition) is 0. The molecule has 86 valence electrons. The average Bonchev–Trinajstić information content (AvgIpc) is 2.33. The molecule has 1 aromatic carbocycles. The van der Waals surface area contributed by atoms with Gasteiger partial charge in [-0.1, -0.05) is 37.3 Å². The maximum atomic E-state index is 11.8. The molecule has 1 aliphatic rings. The summed E-state index contributed by atoms with van der Waals surface area (Å²) in [5.74, 6) is 0.0979. The monoisotopic (exact) mass is 220 g/mol. The standard InChI is InChI=1S/C13H16O3/c1-9-11(14)8-12(15-2)16-13(9)10-6-4-3-5-7-10/h3-7,9,12-13H,8H2,1-2H3/t9-,12-,13+/m1/s1. The molecular formula is C13H16O3. The zero-order valence-electron chi connectivity index (χ0n) is 9.55. The Bertz CT molecular complexity index is 361. The van der Waals surface area contributed by atoms with E-state index in [-0.39, 0.29) is 17.8 Å². The van der Waals surface area contributed by atoms with Gasteiger partial charge in [0.05, 0.1) is 12.5 Å². The molecule has 3 nitrogen and oxygen atoms in total. The van der Waals surface area contributed by atoms with Crippen LogP contribution in [0.1, 0.15) is 25.0 Å². The van der Waals surface area contributed by atoms with Gasteiger partial charge >= 0.3 is 0 Å². The van der Waals surface area contributed by atoms with E-state index >= 15 is 0 Å². The first kappa shape index (κ1) is 11.3. The molecule has 3 heteroatoms. The average molecular weight is 220 g/mol. The molecule has 1 fully saturated rings. The second kappa shape index (κ2) is 4.76. The Kier molecular flexibility index (Phi) is 3.36. The van der Waals surface area contributed by atoms with Gasteiger partial charge in [0.2, 0.25) is 0 Å². The Labute approximate surface area is 95.4 Å². The van der Waals surface area contributed by atoms with Crippen LogP contribution < -0.4 is 0 Å². The fourth-order valence-corrected chi connectivity index (χ4v) is 2.00. The first-order valence-corrected chi connectivity index (χ1v) is 5.48. The Morgan fingerprint density at radius 2 is 2.00 bits per heavy atom. The van der Waals surface area contributed by atoms with Crippen molar-refractivity contribution in [2.45, 2.75) is 25.7 Å². The summed E-state index contributed by atoms with van der Waals surface area (Å²) in [5, 5.41) is 0. The third-order valence-electron chi connectivity index (χ3n) is 3.02. The highest BCUT2D eigenvalue weighted by Crippen LogP contribution is 2.33. The molecule has 1 aliphatic heterocycles. The molecule has 16 heavy (non-hydrogen) atoms. The summed E-state index contributed by atoms with van der Waals surface area (Å²) in [6, 6.07) is 9.81. The second-order valence-corrected chi connectivity index (χ2v) is 4.09. The van der Waals surface area contributed by atoms with Crippen LogP contribution in [0.5, 0.6) is 0 Å². The summed E-state index contributed by atoms with van der Waals surface area (Å²) in [7, 11) is 1.57. The van der Waals surface area contributed by atoms with Crippen molar-refractivity contribution >= 4 is 5.78 Å². The Morgan fingerprint density at radius 1 is 1.31 bits per heavy atom. The molecule has 0 aromatic heterocycles. The van der Waals surface area contributed by atoms with Gasteiger partial charge in [0.15, 0.2) is 6.29 Å².